The average Bonchev–Trinajstić information content (AvgIpc) is 2.46. The first-order valence-electron chi connectivity index (χ1n) is 7.42. The summed E-state index contributed by atoms with van der Waals surface area (Å²) in [6.07, 6.45) is 0. The van der Waals surface area contributed by atoms with Crippen molar-refractivity contribution in [3.8, 4) is 0 Å². The molecule has 0 N–H and O–H groups in total. The second-order valence-electron chi connectivity index (χ2n) is 6.71. The highest BCUT2D eigenvalue weighted by Crippen LogP contribution is 2.29. The SMILES string of the molecule is CC(=O)N1CCN(C(=O)c2ccccc2)C(C(C)(C)C)C1. The van der Waals surface area contributed by atoms with E-state index in [2.05, 4.69) is 20.8 Å². The van der Waals surface area contributed by atoms with Crippen molar-refractivity contribution >= 4 is 11.8 Å². The molecule has 1 heterocycles. The van der Waals surface area contributed by atoms with Gasteiger partial charge in [0.1, 0.15) is 0 Å². The molecular formula is C17H24N2O2. The minimum absolute atomic E-state index is 0.0304. The molecule has 114 valence electrons. The van der Waals surface area contributed by atoms with Gasteiger partial charge >= 0.3 is 0 Å². The molecule has 0 aliphatic carbocycles. The van der Waals surface area contributed by atoms with Gasteiger partial charge in [-0.15, -0.1) is 0 Å². The van der Waals surface area contributed by atoms with Gasteiger partial charge in [0.05, 0.1) is 6.04 Å². The summed E-state index contributed by atoms with van der Waals surface area (Å²) < 4.78 is 0. The van der Waals surface area contributed by atoms with Crippen LogP contribution in [0.5, 0.6) is 0 Å². The quantitative estimate of drug-likeness (QED) is 0.796. The Morgan fingerprint density at radius 3 is 2.24 bits per heavy atom. The molecule has 1 atom stereocenters. The third-order valence-corrected chi connectivity index (χ3v) is 4.11. The van der Waals surface area contributed by atoms with Gasteiger partial charge in [0, 0.05) is 32.1 Å². The number of carbonyl (C=O) groups is 2. The van der Waals surface area contributed by atoms with Crippen molar-refractivity contribution < 1.29 is 9.59 Å². The maximum absolute atomic E-state index is 12.8. The molecule has 4 nitrogen and oxygen atoms in total. The van der Waals surface area contributed by atoms with E-state index in [1.165, 1.54) is 0 Å². The first-order chi connectivity index (χ1) is 9.80. The molecule has 21 heavy (non-hydrogen) atoms. The monoisotopic (exact) mass is 288 g/mol. The van der Waals surface area contributed by atoms with Crippen LogP contribution in [0.2, 0.25) is 0 Å². The number of piperazine rings is 1. The summed E-state index contributed by atoms with van der Waals surface area (Å²) in [6.45, 7) is 9.76. The van der Waals surface area contributed by atoms with Gasteiger partial charge in [-0.1, -0.05) is 39.0 Å². The fourth-order valence-electron chi connectivity index (χ4n) is 2.80. The van der Waals surface area contributed by atoms with Crippen molar-refractivity contribution in [2.24, 2.45) is 5.41 Å². The summed E-state index contributed by atoms with van der Waals surface area (Å²) in [5, 5.41) is 0. The number of amides is 2. The molecule has 0 radical (unpaired) electrons. The van der Waals surface area contributed by atoms with E-state index < -0.39 is 0 Å². The van der Waals surface area contributed by atoms with Crippen LogP contribution in [0.15, 0.2) is 30.3 Å². The fraction of sp³-hybridized carbons (Fsp3) is 0.529. The molecule has 4 heteroatoms. The summed E-state index contributed by atoms with van der Waals surface area (Å²) in [4.78, 5) is 28.2. The normalized spacial score (nSPS) is 19.5. The Balaban J connectivity index is 2.25. The van der Waals surface area contributed by atoms with Crippen LogP contribution in [0, 0.1) is 5.41 Å². The van der Waals surface area contributed by atoms with Crippen molar-refractivity contribution in [1.82, 2.24) is 9.80 Å². The first kappa shape index (κ1) is 15.5. The lowest BCUT2D eigenvalue weighted by Gasteiger charge is -2.47. The Bertz CT molecular complexity index is 519. The van der Waals surface area contributed by atoms with E-state index in [4.69, 9.17) is 0 Å². The lowest BCUT2D eigenvalue weighted by molar-refractivity contribution is -0.132. The van der Waals surface area contributed by atoms with Gasteiger partial charge in [-0.05, 0) is 17.5 Å². The van der Waals surface area contributed by atoms with Crippen LogP contribution < -0.4 is 0 Å². The molecule has 1 unspecified atom stereocenters. The first-order valence-corrected chi connectivity index (χ1v) is 7.42. The summed E-state index contributed by atoms with van der Waals surface area (Å²) in [6, 6.07) is 9.39. The van der Waals surface area contributed by atoms with E-state index >= 15 is 0 Å². The molecule has 0 bridgehead atoms. The van der Waals surface area contributed by atoms with Crippen LogP contribution in [-0.4, -0.2) is 47.3 Å². The van der Waals surface area contributed by atoms with Crippen LogP contribution in [0.25, 0.3) is 0 Å². The standard InChI is InChI=1S/C17H24N2O2/c1-13(20)18-10-11-19(15(12-18)17(2,3)4)16(21)14-8-6-5-7-9-14/h5-9,15H,10-12H2,1-4H3. The van der Waals surface area contributed by atoms with Crippen LogP contribution in [0.3, 0.4) is 0 Å². The van der Waals surface area contributed by atoms with Gasteiger partial charge in [0.2, 0.25) is 5.91 Å². The second-order valence-corrected chi connectivity index (χ2v) is 6.71. The molecule has 1 aliphatic rings. The zero-order valence-electron chi connectivity index (χ0n) is 13.3. The molecular weight excluding hydrogens is 264 g/mol. The Morgan fingerprint density at radius 2 is 1.71 bits per heavy atom. The van der Waals surface area contributed by atoms with Crippen LogP contribution >= 0.6 is 0 Å². The number of hydrogen-bond donors (Lipinski definition) is 0. The van der Waals surface area contributed by atoms with E-state index in [1.54, 1.807) is 6.92 Å². The molecule has 0 saturated carbocycles. The molecule has 0 aromatic heterocycles. The van der Waals surface area contributed by atoms with Crippen LogP contribution in [0.4, 0.5) is 0 Å². The Morgan fingerprint density at radius 1 is 1.10 bits per heavy atom. The Kier molecular flexibility index (Phi) is 4.35. The zero-order chi connectivity index (χ0) is 15.6. The van der Waals surface area contributed by atoms with E-state index in [-0.39, 0.29) is 23.3 Å². The lowest BCUT2D eigenvalue weighted by Crippen LogP contribution is -2.60. The third kappa shape index (κ3) is 3.43. The highest BCUT2D eigenvalue weighted by Gasteiger charge is 2.38. The second kappa shape index (κ2) is 5.88. The van der Waals surface area contributed by atoms with Gasteiger partial charge in [0.25, 0.3) is 5.91 Å². The lowest BCUT2D eigenvalue weighted by atomic mass is 9.83. The summed E-state index contributed by atoms with van der Waals surface area (Å²) in [7, 11) is 0. The average molecular weight is 288 g/mol. The minimum atomic E-state index is -0.0709. The molecule has 2 amide bonds. The maximum Gasteiger partial charge on any atom is 0.254 e. The number of nitrogens with zero attached hydrogens (tertiary/aromatic N) is 2. The van der Waals surface area contributed by atoms with E-state index in [0.717, 1.165) is 0 Å². The zero-order valence-corrected chi connectivity index (χ0v) is 13.3. The number of rotatable bonds is 1. The third-order valence-electron chi connectivity index (χ3n) is 4.11. The largest absolute Gasteiger partial charge is 0.339 e. The Labute approximate surface area is 126 Å². The van der Waals surface area contributed by atoms with E-state index in [1.807, 2.05) is 40.1 Å². The smallest absolute Gasteiger partial charge is 0.254 e. The minimum Gasteiger partial charge on any atom is -0.339 e. The molecule has 1 aliphatic heterocycles. The fourth-order valence-corrected chi connectivity index (χ4v) is 2.80. The summed E-state index contributed by atoms with van der Waals surface area (Å²) >= 11 is 0. The van der Waals surface area contributed by atoms with Crippen LogP contribution in [0.1, 0.15) is 38.1 Å². The predicted molar refractivity (Wildman–Crippen MR) is 83.0 cm³/mol. The van der Waals surface area contributed by atoms with Crippen molar-refractivity contribution in [3.63, 3.8) is 0 Å². The summed E-state index contributed by atoms with van der Waals surface area (Å²) in [5.41, 5.74) is 0.640. The molecule has 1 aromatic rings. The van der Waals surface area contributed by atoms with Gasteiger partial charge < -0.3 is 9.80 Å². The van der Waals surface area contributed by atoms with Gasteiger partial charge in [-0.25, -0.2) is 0 Å². The predicted octanol–water partition coefficient (Wildman–Crippen LogP) is 2.41. The molecule has 1 aromatic carbocycles. The van der Waals surface area contributed by atoms with Gasteiger partial charge in [-0.3, -0.25) is 9.59 Å². The topological polar surface area (TPSA) is 40.6 Å². The Hall–Kier alpha value is -1.84. The molecule has 2 rings (SSSR count). The highest BCUT2D eigenvalue weighted by atomic mass is 16.2. The number of benzene rings is 1. The van der Waals surface area contributed by atoms with Gasteiger partial charge in [-0.2, -0.15) is 0 Å². The number of carbonyl (C=O) groups excluding carboxylic acids is 2. The number of hydrogen-bond acceptors (Lipinski definition) is 2. The van der Waals surface area contributed by atoms with Crippen molar-refractivity contribution in [2.45, 2.75) is 33.7 Å². The van der Waals surface area contributed by atoms with E-state index in [0.29, 0.717) is 25.2 Å². The molecule has 0 spiro atoms. The molecule has 1 fully saturated rings. The van der Waals surface area contributed by atoms with Gasteiger partial charge in [0.15, 0.2) is 0 Å². The highest BCUT2D eigenvalue weighted by molar-refractivity contribution is 5.94. The maximum atomic E-state index is 12.8. The van der Waals surface area contributed by atoms with Crippen LogP contribution in [-0.2, 0) is 4.79 Å². The van der Waals surface area contributed by atoms with Crippen molar-refractivity contribution in [2.75, 3.05) is 19.6 Å². The summed E-state index contributed by atoms with van der Waals surface area (Å²) in [5.74, 6) is 0.134. The van der Waals surface area contributed by atoms with E-state index in [9.17, 15) is 9.59 Å². The van der Waals surface area contributed by atoms with Crippen molar-refractivity contribution in [1.29, 1.82) is 0 Å². The molecule has 1 saturated heterocycles. The van der Waals surface area contributed by atoms with Crippen molar-refractivity contribution in [3.05, 3.63) is 35.9 Å².